The van der Waals surface area contributed by atoms with Crippen molar-refractivity contribution in [3.63, 3.8) is 0 Å². The molecular formula is C10H12ClN3O5S. The Morgan fingerprint density at radius 2 is 2.05 bits per heavy atom. The van der Waals surface area contributed by atoms with E-state index >= 15 is 0 Å². The first kappa shape index (κ1) is 14.9. The Labute approximate surface area is 120 Å². The van der Waals surface area contributed by atoms with E-state index in [1.807, 2.05) is 0 Å². The fourth-order valence-corrected chi connectivity index (χ4v) is 3.40. The monoisotopic (exact) mass is 321 g/mol. The second kappa shape index (κ2) is 5.90. The fraction of sp³-hybridized carbons (Fsp3) is 0.500. The van der Waals surface area contributed by atoms with Gasteiger partial charge < -0.3 is 4.74 Å². The molecule has 1 N–H and O–H groups in total. The molecule has 0 unspecified atom stereocenters. The van der Waals surface area contributed by atoms with Crippen LogP contribution in [0.2, 0.25) is 5.15 Å². The molecule has 0 saturated carbocycles. The number of aromatic nitrogens is 1. The minimum Gasteiger partial charge on any atom is -0.381 e. The smallest absolute Gasteiger partial charge is 0.312 e. The minimum atomic E-state index is -3.76. The summed E-state index contributed by atoms with van der Waals surface area (Å²) in [5, 5.41) is 10.2. The Morgan fingerprint density at radius 1 is 1.40 bits per heavy atom. The van der Waals surface area contributed by atoms with E-state index in [1.54, 1.807) is 0 Å². The Balaban J connectivity index is 2.28. The van der Waals surface area contributed by atoms with Crippen molar-refractivity contribution >= 4 is 33.1 Å². The van der Waals surface area contributed by atoms with E-state index in [0.29, 0.717) is 26.1 Å². The number of sulfonamides is 1. The molecule has 1 saturated heterocycles. The molecular weight excluding hydrogens is 310 g/mol. The van der Waals surface area contributed by atoms with Crippen molar-refractivity contribution in [2.24, 2.45) is 0 Å². The molecule has 1 fully saturated rings. The summed E-state index contributed by atoms with van der Waals surface area (Å²) in [5.74, 6) is -0.367. The van der Waals surface area contributed by atoms with Crippen LogP contribution in [-0.4, -0.2) is 36.8 Å². The van der Waals surface area contributed by atoms with Crippen LogP contribution in [0, 0.1) is 10.1 Å². The van der Waals surface area contributed by atoms with Gasteiger partial charge in [0.15, 0.2) is 0 Å². The maximum Gasteiger partial charge on any atom is 0.312 e. The Hall–Kier alpha value is -1.45. The zero-order valence-corrected chi connectivity index (χ0v) is 11.9. The number of anilines is 1. The lowest BCUT2D eigenvalue weighted by Gasteiger charge is -2.22. The molecule has 0 bridgehead atoms. The molecule has 1 aromatic heterocycles. The highest BCUT2D eigenvalue weighted by molar-refractivity contribution is 7.93. The third kappa shape index (κ3) is 3.35. The lowest BCUT2D eigenvalue weighted by Crippen LogP contribution is -2.33. The van der Waals surface area contributed by atoms with E-state index in [-0.39, 0.29) is 11.0 Å². The van der Waals surface area contributed by atoms with Crippen molar-refractivity contribution in [1.29, 1.82) is 0 Å². The molecule has 1 aliphatic rings. The van der Waals surface area contributed by atoms with Gasteiger partial charge >= 0.3 is 5.69 Å². The zero-order valence-electron chi connectivity index (χ0n) is 10.3. The molecule has 0 aromatic carbocycles. The van der Waals surface area contributed by atoms with Crippen LogP contribution in [0.5, 0.6) is 0 Å². The third-order valence-electron chi connectivity index (χ3n) is 2.88. The number of rotatable bonds is 4. The summed E-state index contributed by atoms with van der Waals surface area (Å²) in [4.78, 5) is 13.8. The Kier molecular flexibility index (Phi) is 4.41. The quantitative estimate of drug-likeness (QED) is 0.511. The van der Waals surface area contributed by atoms with Gasteiger partial charge in [0.25, 0.3) is 0 Å². The summed E-state index contributed by atoms with van der Waals surface area (Å²) in [5.41, 5.74) is -0.440. The van der Waals surface area contributed by atoms with Gasteiger partial charge in [0.05, 0.1) is 10.2 Å². The molecule has 0 spiro atoms. The van der Waals surface area contributed by atoms with Crippen molar-refractivity contribution in [3.8, 4) is 0 Å². The molecule has 20 heavy (non-hydrogen) atoms. The van der Waals surface area contributed by atoms with E-state index in [9.17, 15) is 18.5 Å². The van der Waals surface area contributed by atoms with E-state index in [4.69, 9.17) is 16.3 Å². The highest BCUT2D eigenvalue weighted by Gasteiger charge is 2.30. The van der Waals surface area contributed by atoms with Crippen LogP contribution in [0.1, 0.15) is 12.8 Å². The molecule has 0 amide bonds. The summed E-state index contributed by atoms with van der Waals surface area (Å²) in [6.07, 6.45) is 0.674. The van der Waals surface area contributed by atoms with Crippen LogP contribution in [0.15, 0.2) is 12.1 Å². The van der Waals surface area contributed by atoms with Gasteiger partial charge in [-0.05, 0) is 18.9 Å². The SMILES string of the molecule is O=[N+]([O-])c1ccc(Cl)nc1NS(=O)(=O)C1CCOCC1. The van der Waals surface area contributed by atoms with Gasteiger partial charge in [-0.25, -0.2) is 13.4 Å². The summed E-state index contributed by atoms with van der Waals surface area (Å²) < 4.78 is 31.6. The number of ether oxygens (including phenoxy) is 1. The average Bonchev–Trinajstić information content (AvgIpc) is 2.39. The molecule has 2 heterocycles. The molecule has 110 valence electrons. The van der Waals surface area contributed by atoms with Crippen LogP contribution in [0.3, 0.4) is 0 Å². The molecule has 0 radical (unpaired) electrons. The van der Waals surface area contributed by atoms with Gasteiger partial charge in [-0.3, -0.25) is 14.8 Å². The normalized spacial score (nSPS) is 16.9. The summed E-state index contributed by atoms with van der Waals surface area (Å²) in [7, 11) is -3.76. The third-order valence-corrected chi connectivity index (χ3v) is 4.92. The second-order valence-corrected chi connectivity index (χ2v) is 6.57. The molecule has 1 aromatic rings. The van der Waals surface area contributed by atoms with Crippen molar-refractivity contribution in [1.82, 2.24) is 4.98 Å². The standard InChI is InChI=1S/C10H12ClN3O5S/c11-9-2-1-8(14(15)16)10(12-9)13-20(17,18)7-3-5-19-6-4-7/h1-2,7H,3-6H2,(H,12,13). The van der Waals surface area contributed by atoms with Crippen molar-refractivity contribution in [2.45, 2.75) is 18.1 Å². The van der Waals surface area contributed by atoms with E-state index < -0.39 is 25.9 Å². The van der Waals surface area contributed by atoms with Crippen molar-refractivity contribution < 1.29 is 18.1 Å². The van der Waals surface area contributed by atoms with Gasteiger partial charge in [0.1, 0.15) is 5.15 Å². The maximum atomic E-state index is 12.2. The number of halogens is 1. The lowest BCUT2D eigenvalue weighted by molar-refractivity contribution is -0.384. The number of nitrogens with one attached hydrogen (secondary N) is 1. The predicted octanol–water partition coefficient (Wildman–Crippen LogP) is 1.56. The topological polar surface area (TPSA) is 111 Å². The number of pyridine rings is 1. The molecule has 0 aliphatic carbocycles. The Morgan fingerprint density at radius 3 is 2.65 bits per heavy atom. The number of hydrogen-bond donors (Lipinski definition) is 1. The maximum absolute atomic E-state index is 12.2. The highest BCUT2D eigenvalue weighted by Crippen LogP contribution is 2.27. The van der Waals surface area contributed by atoms with Gasteiger partial charge in [-0.1, -0.05) is 11.6 Å². The van der Waals surface area contributed by atoms with Crippen LogP contribution in [0.25, 0.3) is 0 Å². The van der Waals surface area contributed by atoms with Crippen LogP contribution >= 0.6 is 11.6 Å². The van der Waals surface area contributed by atoms with E-state index in [0.717, 1.165) is 6.07 Å². The Bertz CT molecular complexity index is 615. The van der Waals surface area contributed by atoms with Crippen molar-refractivity contribution in [3.05, 3.63) is 27.4 Å². The first-order valence-corrected chi connectivity index (χ1v) is 7.73. The average molecular weight is 322 g/mol. The number of nitro groups is 1. The van der Waals surface area contributed by atoms with E-state index in [1.165, 1.54) is 6.07 Å². The highest BCUT2D eigenvalue weighted by atomic mass is 35.5. The number of hydrogen-bond acceptors (Lipinski definition) is 6. The molecule has 8 nitrogen and oxygen atoms in total. The lowest BCUT2D eigenvalue weighted by atomic mass is 10.2. The molecule has 1 aliphatic heterocycles. The summed E-state index contributed by atoms with van der Waals surface area (Å²) >= 11 is 5.65. The van der Waals surface area contributed by atoms with Gasteiger partial charge in [-0.15, -0.1) is 0 Å². The van der Waals surface area contributed by atoms with E-state index in [2.05, 4.69) is 9.71 Å². The molecule has 0 atom stereocenters. The first-order valence-electron chi connectivity index (χ1n) is 5.80. The van der Waals surface area contributed by atoms with Gasteiger partial charge in [0.2, 0.25) is 15.8 Å². The van der Waals surface area contributed by atoms with Crippen LogP contribution < -0.4 is 4.72 Å². The van der Waals surface area contributed by atoms with Gasteiger partial charge in [0, 0.05) is 19.3 Å². The summed E-state index contributed by atoms with van der Waals surface area (Å²) in [6, 6.07) is 2.34. The minimum absolute atomic E-state index is 0.0275. The fourth-order valence-electron chi connectivity index (χ4n) is 1.85. The van der Waals surface area contributed by atoms with Crippen LogP contribution in [0.4, 0.5) is 11.5 Å². The predicted molar refractivity (Wildman–Crippen MR) is 72.3 cm³/mol. The number of nitrogens with zero attached hydrogens (tertiary/aromatic N) is 2. The molecule has 10 heteroatoms. The zero-order chi connectivity index (χ0) is 14.8. The second-order valence-electron chi connectivity index (χ2n) is 4.22. The summed E-state index contributed by atoms with van der Waals surface area (Å²) in [6.45, 7) is 0.688. The van der Waals surface area contributed by atoms with Crippen molar-refractivity contribution in [2.75, 3.05) is 17.9 Å². The first-order chi connectivity index (χ1) is 9.40. The van der Waals surface area contributed by atoms with Gasteiger partial charge in [-0.2, -0.15) is 0 Å². The van der Waals surface area contributed by atoms with Crippen LogP contribution in [-0.2, 0) is 14.8 Å². The largest absolute Gasteiger partial charge is 0.381 e. The molecule has 2 rings (SSSR count).